The van der Waals surface area contributed by atoms with Crippen LogP contribution in [0.3, 0.4) is 0 Å². The molecule has 4 aromatic carbocycles. The van der Waals surface area contributed by atoms with Crippen LogP contribution < -0.4 is 9.47 Å². The maximum absolute atomic E-state index is 15.1. The molecule has 324 valence electrons. The summed E-state index contributed by atoms with van der Waals surface area (Å²) in [7, 11) is -10.9. The zero-order valence-corrected chi connectivity index (χ0v) is 30.9. The lowest BCUT2D eigenvalue weighted by molar-refractivity contribution is -0.288. The smallest absolute Gasteiger partial charge is 0.411 e. The van der Waals surface area contributed by atoms with Gasteiger partial charge < -0.3 is 9.47 Å². The van der Waals surface area contributed by atoms with Crippen molar-refractivity contribution in [1.29, 1.82) is 0 Å². The number of carbonyl (C=O) groups is 4. The van der Waals surface area contributed by atoms with Gasteiger partial charge in [0, 0.05) is 12.1 Å². The number of hydrogen-bond acceptors (Lipinski definition) is 12. The SMILES string of the molecule is COc1c(F)cc(F)c(S(=O)(=O)ON2C(=O)c3ccc(C(c4ccc5c(c4)C(=O)N(OS(=O)(=O)c4c(F)cc(F)c(OC)c4F)C5=O)(C(F)(F)F)C(F)(F)F)cc3C2=O)c1F. The Bertz CT molecular complexity index is 2680. The van der Waals surface area contributed by atoms with Gasteiger partial charge in [-0.1, -0.05) is 12.1 Å². The fourth-order valence-electron chi connectivity index (χ4n) is 6.23. The fourth-order valence-corrected chi connectivity index (χ4v) is 8.27. The lowest BCUT2D eigenvalue weighted by Crippen LogP contribution is -2.55. The highest BCUT2D eigenvalue weighted by Crippen LogP contribution is 2.57. The number of carbonyl (C=O) groups excluding carboxylic acids is 4. The molecule has 0 unspecified atom stereocenters. The number of rotatable bonds is 10. The third-order valence-electron chi connectivity index (χ3n) is 8.84. The van der Waals surface area contributed by atoms with Crippen molar-refractivity contribution in [3.05, 3.63) is 117 Å². The van der Waals surface area contributed by atoms with Crippen LogP contribution in [0.5, 0.6) is 11.5 Å². The number of methoxy groups -OCH3 is 2. The molecule has 6 rings (SSSR count). The van der Waals surface area contributed by atoms with Crippen molar-refractivity contribution < 1.29 is 107 Å². The quantitative estimate of drug-likeness (QED) is 0.139. The summed E-state index contributed by atoms with van der Waals surface area (Å²) in [4.78, 5) is 48.1. The van der Waals surface area contributed by atoms with Gasteiger partial charge in [0.1, 0.15) is 0 Å². The highest BCUT2D eigenvalue weighted by atomic mass is 32.2. The number of amides is 4. The van der Waals surface area contributed by atoms with Gasteiger partial charge in [0.15, 0.2) is 56.2 Å². The number of halogens is 12. The number of ether oxygens (including phenoxy) is 2. The molecule has 2 aliphatic rings. The van der Waals surface area contributed by atoms with E-state index in [2.05, 4.69) is 18.0 Å². The largest absolute Gasteiger partial charge is 0.491 e. The van der Waals surface area contributed by atoms with Gasteiger partial charge in [0.05, 0.1) is 36.5 Å². The molecule has 0 radical (unpaired) electrons. The summed E-state index contributed by atoms with van der Waals surface area (Å²) in [6, 6.07) is -0.619. The minimum Gasteiger partial charge on any atom is -0.491 e. The van der Waals surface area contributed by atoms with E-state index < -0.39 is 161 Å². The number of hydrogen-bond donors (Lipinski definition) is 0. The van der Waals surface area contributed by atoms with Gasteiger partial charge in [0.25, 0.3) is 23.6 Å². The Labute approximate surface area is 330 Å². The molecule has 61 heavy (non-hydrogen) atoms. The van der Waals surface area contributed by atoms with E-state index in [1.807, 2.05) is 0 Å². The normalized spacial score (nSPS) is 14.9. The first-order valence-electron chi connectivity index (χ1n) is 15.6. The molecule has 0 aromatic heterocycles. The molecular weight excluding hydrogens is 908 g/mol. The van der Waals surface area contributed by atoms with Gasteiger partial charge in [-0.25, -0.2) is 26.3 Å². The average molecular weight is 923 g/mol. The molecule has 0 aliphatic carbocycles. The van der Waals surface area contributed by atoms with Crippen molar-refractivity contribution in [2.24, 2.45) is 0 Å². The van der Waals surface area contributed by atoms with Crippen LogP contribution in [0, 0.1) is 34.9 Å². The van der Waals surface area contributed by atoms with Gasteiger partial charge in [-0.2, -0.15) is 43.2 Å². The van der Waals surface area contributed by atoms with Crippen LogP contribution in [-0.2, 0) is 34.2 Å². The lowest BCUT2D eigenvalue weighted by Gasteiger charge is -2.38. The van der Waals surface area contributed by atoms with Crippen molar-refractivity contribution in [3.63, 3.8) is 0 Å². The van der Waals surface area contributed by atoms with Gasteiger partial charge in [0.2, 0.25) is 5.41 Å². The van der Waals surface area contributed by atoms with Gasteiger partial charge in [-0.3, -0.25) is 19.2 Å². The molecule has 0 spiro atoms. The number of fused-ring (bicyclic) bond motifs is 2. The molecule has 0 saturated carbocycles. The van der Waals surface area contributed by atoms with Crippen LogP contribution >= 0.6 is 0 Å². The van der Waals surface area contributed by atoms with Crippen LogP contribution in [-0.4, -0.2) is 77.2 Å². The predicted molar refractivity (Wildman–Crippen MR) is 169 cm³/mol. The highest BCUT2D eigenvalue weighted by Gasteiger charge is 2.73. The fraction of sp³-hybridized carbons (Fsp3) is 0.152. The molecule has 14 nitrogen and oxygen atoms in total. The Morgan fingerprint density at radius 2 is 0.787 bits per heavy atom. The van der Waals surface area contributed by atoms with E-state index in [1.54, 1.807) is 0 Å². The van der Waals surface area contributed by atoms with E-state index in [4.69, 9.17) is 0 Å². The highest BCUT2D eigenvalue weighted by molar-refractivity contribution is 7.87. The standard InChI is InChI=1S/C33H14F12N2O12S2/c1-56-23-17(34)9-19(36)25(21(23)38)60(52,53)58-46-27(48)13-5-3-11(7-15(13)29(46)50)31(32(40,41)42,33(43,44)45)12-4-6-14-16(8-12)30(51)47(28(14)49)59-61(54,55)26-20(37)10-18(35)24(57-2)22(26)39/h3-10H,1-2H3. The second kappa shape index (κ2) is 14.4. The maximum atomic E-state index is 15.1. The molecule has 0 atom stereocenters. The van der Waals surface area contributed by atoms with Crippen LogP contribution in [0.15, 0.2) is 58.3 Å². The Balaban J connectivity index is 1.42. The topological polar surface area (TPSA) is 180 Å². The van der Waals surface area contributed by atoms with Gasteiger partial charge in [-0.05, 0) is 35.4 Å². The minimum absolute atomic E-state index is 0.0323. The summed E-state index contributed by atoms with van der Waals surface area (Å²) in [5.41, 5.74) is -14.6. The number of benzene rings is 4. The maximum Gasteiger partial charge on any atom is 0.411 e. The molecular formula is C33H14F12N2O12S2. The van der Waals surface area contributed by atoms with E-state index in [0.717, 1.165) is 0 Å². The molecule has 0 bridgehead atoms. The van der Waals surface area contributed by atoms with Crippen LogP contribution in [0.25, 0.3) is 0 Å². The number of nitrogens with zero attached hydrogens (tertiary/aromatic N) is 2. The average Bonchev–Trinajstić information content (AvgIpc) is 3.49. The second-order valence-electron chi connectivity index (χ2n) is 12.2. The summed E-state index contributed by atoms with van der Waals surface area (Å²) in [5, 5.41) is -1.63. The summed E-state index contributed by atoms with van der Waals surface area (Å²) in [6.07, 6.45) is -13.2. The van der Waals surface area contributed by atoms with Crippen molar-refractivity contribution >= 4 is 43.9 Å². The van der Waals surface area contributed by atoms with Crippen molar-refractivity contribution in [1.82, 2.24) is 10.1 Å². The number of hydroxylamine groups is 4. The number of alkyl halides is 6. The Morgan fingerprint density at radius 1 is 0.475 bits per heavy atom. The molecule has 0 fully saturated rings. The van der Waals surface area contributed by atoms with Crippen molar-refractivity contribution in [2.75, 3.05) is 14.2 Å². The molecule has 2 heterocycles. The van der Waals surface area contributed by atoms with Gasteiger partial charge in [-0.15, -0.1) is 18.7 Å². The number of imide groups is 2. The molecule has 0 N–H and O–H groups in total. The second-order valence-corrected chi connectivity index (χ2v) is 15.1. The van der Waals surface area contributed by atoms with E-state index >= 15 is 26.3 Å². The van der Waals surface area contributed by atoms with E-state index in [-0.39, 0.29) is 48.5 Å². The van der Waals surface area contributed by atoms with E-state index in [1.165, 1.54) is 0 Å². The molecule has 4 amide bonds. The summed E-state index contributed by atoms with van der Waals surface area (Å²) < 4.78 is 245. The van der Waals surface area contributed by atoms with Gasteiger partial charge >= 0.3 is 32.6 Å². The third-order valence-corrected chi connectivity index (χ3v) is 11.3. The van der Waals surface area contributed by atoms with Crippen LogP contribution in [0.4, 0.5) is 52.7 Å². The Morgan fingerprint density at radius 3 is 1.08 bits per heavy atom. The Kier molecular flexibility index (Phi) is 10.5. The first kappa shape index (κ1) is 44.3. The molecule has 28 heteroatoms. The van der Waals surface area contributed by atoms with Crippen molar-refractivity contribution in [3.8, 4) is 11.5 Å². The molecule has 2 aliphatic heterocycles. The molecule has 4 aromatic rings. The third kappa shape index (κ3) is 6.59. The zero-order valence-electron chi connectivity index (χ0n) is 29.3. The van der Waals surface area contributed by atoms with Crippen LogP contribution in [0.1, 0.15) is 52.6 Å². The zero-order chi connectivity index (χ0) is 45.7. The lowest BCUT2D eigenvalue weighted by atomic mass is 9.71. The molecule has 0 saturated heterocycles. The first-order chi connectivity index (χ1) is 28.1. The predicted octanol–water partition coefficient (Wildman–Crippen LogP) is 5.78. The summed E-state index contributed by atoms with van der Waals surface area (Å²) in [5.74, 6) is -23.7. The summed E-state index contributed by atoms with van der Waals surface area (Å²) in [6.45, 7) is 0. The van der Waals surface area contributed by atoms with E-state index in [9.17, 15) is 62.4 Å². The van der Waals surface area contributed by atoms with Crippen LogP contribution in [0.2, 0.25) is 0 Å². The van der Waals surface area contributed by atoms with E-state index in [0.29, 0.717) is 14.2 Å². The first-order valence-corrected chi connectivity index (χ1v) is 18.4. The summed E-state index contributed by atoms with van der Waals surface area (Å²) >= 11 is 0. The monoisotopic (exact) mass is 922 g/mol. The van der Waals surface area contributed by atoms with Crippen molar-refractivity contribution in [2.45, 2.75) is 27.6 Å². The Hall–Kier alpha value is -6.26. The minimum atomic E-state index is -6.59.